The topological polar surface area (TPSA) is 37.4 Å². The highest BCUT2D eigenvalue weighted by Gasteiger charge is 2.15. The van der Waals surface area contributed by atoms with Crippen LogP contribution in [0.15, 0.2) is 12.7 Å². The van der Waals surface area contributed by atoms with E-state index in [-0.39, 0.29) is 5.75 Å². The zero-order valence-electron chi connectivity index (χ0n) is 8.58. The molecule has 0 spiro atoms. The first-order chi connectivity index (χ1) is 6.54. The maximum atomic E-state index is 11.5. The van der Waals surface area contributed by atoms with Gasteiger partial charge in [-0.3, -0.25) is 0 Å². The molecular weight excluding hydrogens is 222 g/mol. The van der Waals surface area contributed by atoms with Crippen molar-refractivity contribution in [1.29, 1.82) is 0 Å². The number of nitrogens with zero attached hydrogens (tertiary/aromatic N) is 1. The zero-order valence-corrected chi connectivity index (χ0v) is 10.1. The van der Waals surface area contributed by atoms with Crippen LogP contribution in [0.25, 0.3) is 0 Å². The molecule has 0 rings (SSSR count). The first-order valence-corrected chi connectivity index (χ1v) is 6.80. The van der Waals surface area contributed by atoms with Crippen molar-refractivity contribution in [2.24, 2.45) is 0 Å². The Bertz CT molecular complexity index is 252. The molecule has 0 aromatic carbocycles. The highest BCUT2D eigenvalue weighted by atomic mass is 35.5. The predicted molar refractivity (Wildman–Crippen MR) is 61.2 cm³/mol. The Morgan fingerprint density at radius 1 is 1.43 bits per heavy atom. The molecule has 0 amide bonds. The molecular formula is C9H18ClNO2S. The lowest BCUT2D eigenvalue weighted by molar-refractivity contribution is 0.462. The molecule has 0 aliphatic carbocycles. The van der Waals surface area contributed by atoms with Gasteiger partial charge in [0, 0.05) is 19.5 Å². The van der Waals surface area contributed by atoms with E-state index in [1.54, 1.807) is 13.1 Å². The molecule has 0 aliphatic heterocycles. The molecule has 0 aromatic rings. The van der Waals surface area contributed by atoms with Crippen molar-refractivity contribution in [3.05, 3.63) is 12.7 Å². The molecule has 3 nitrogen and oxygen atoms in total. The van der Waals surface area contributed by atoms with Crippen LogP contribution in [0.2, 0.25) is 0 Å². The minimum Gasteiger partial charge on any atom is -0.212 e. The number of allylic oxidation sites excluding steroid dienone is 1. The van der Waals surface area contributed by atoms with E-state index < -0.39 is 10.0 Å². The minimum absolute atomic E-state index is 0.140. The van der Waals surface area contributed by atoms with E-state index in [0.29, 0.717) is 18.8 Å². The van der Waals surface area contributed by atoms with Crippen molar-refractivity contribution >= 4 is 21.6 Å². The third kappa shape index (κ3) is 5.62. The second-order valence-corrected chi connectivity index (χ2v) is 5.68. The van der Waals surface area contributed by atoms with Crippen molar-refractivity contribution in [3.8, 4) is 0 Å². The summed E-state index contributed by atoms with van der Waals surface area (Å²) >= 11 is 5.44. The second-order valence-electron chi connectivity index (χ2n) is 3.11. The minimum atomic E-state index is -3.09. The number of unbranched alkanes of at least 4 members (excludes halogenated alkanes) is 1. The van der Waals surface area contributed by atoms with Crippen molar-refractivity contribution < 1.29 is 8.42 Å². The zero-order chi connectivity index (χ0) is 11.0. The number of alkyl halides is 1. The maximum absolute atomic E-state index is 11.5. The van der Waals surface area contributed by atoms with E-state index in [1.165, 1.54) is 4.31 Å². The normalized spacial score (nSPS) is 11.9. The van der Waals surface area contributed by atoms with E-state index in [2.05, 4.69) is 6.58 Å². The van der Waals surface area contributed by atoms with Crippen molar-refractivity contribution in [1.82, 2.24) is 4.31 Å². The lowest BCUT2D eigenvalue weighted by atomic mass is 10.3. The molecule has 0 atom stereocenters. The van der Waals surface area contributed by atoms with Crippen LogP contribution in [-0.4, -0.2) is 37.9 Å². The summed E-state index contributed by atoms with van der Waals surface area (Å²) in [7, 11) is -1.48. The molecule has 0 aromatic heterocycles. The average Bonchev–Trinajstić information content (AvgIpc) is 2.15. The molecule has 0 aliphatic rings. The number of halogens is 1. The van der Waals surface area contributed by atoms with Gasteiger partial charge >= 0.3 is 0 Å². The highest BCUT2D eigenvalue weighted by Crippen LogP contribution is 2.03. The van der Waals surface area contributed by atoms with Gasteiger partial charge in [-0.2, -0.15) is 0 Å². The van der Waals surface area contributed by atoms with E-state index in [0.717, 1.165) is 12.8 Å². The third-order valence-corrected chi connectivity index (χ3v) is 4.10. The van der Waals surface area contributed by atoms with Crippen LogP contribution in [-0.2, 0) is 10.0 Å². The smallest absolute Gasteiger partial charge is 0.212 e. The van der Waals surface area contributed by atoms with Gasteiger partial charge in [-0.15, -0.1) is 18.2 Å². The van der Waals surface area contributed by atoms with Gasteiger partial charge in [0.1, 0.15) is 0 Å². The number of rotatable bonds is 8. The Labute approximate surface area is 91.8 Å². The standard InChI is InChI=1S/C9H18ClNO2S/c1-3-4-5-8-11(2)14(12,13)9-6-7-10/h3H,1,4-9H2,2H3. The van der Waals surface area contributed by atoms with Crippen molar-refractivity contribution in [2.75, 3.05) is 25.2 Å². The number of hydrogen-bond acceptors (Lipinski definition) is 2. The highest BCUT2D eigenvalue weighted by molar-refractivity contribution is 7.89. The van der Waals surface area contributed by atoms with Crippen molar-refractivity contribution in [2.45, 2.75) is 19.3 Å². The molecule has 0 bridgehead atoms. The number of hydrogen-bond donors (Lipinski definition) is 0. The van der Waals surface area contributed by atoms with Gasteiger partial charge in [0.05, 0.1) is 5.75 Å². The lowest BCUT2D eigenvalue weighted by Gasteiger charge is -2.16. The molecule has 0 N–H and O–H groups in total. The van der Waals surface area contributed by atoms with Gasteiger partial charge in [-0.05, 0) is 19.3 Å². The molecule has 0 heterocycles. The van der Waals surface area contributed by atoms with Gasteiger partial charge in [0.2, 0.25) is 10.0 Å². The van der Waals surface area contributed by atoms with Crippen LogP contribution in [0.3, 0.4) is 0 Å². The van der Waals surface area contributed by atoms with Gasteiger partial charge in [0.25, 0.3) is 0 Å². The van der Waals surface area contributed by atoms with Gasteiger partial charge in [0.15, 0.2) is 0 Å². The summed E-state index contributed by atoms with van der Waals surface area (Å²) in [6.45, 7) is 4.14. The fraction of sp³-hybridized carbons (Fsp3) is 0.778. The second kappa shape index (κ2) is 7.26. The SMILES string of the molecule is C=CCCCN(C)S(=O)(=O)CCCCl. The summed E-state index contributed by atoms with van der Waals surface area (Å²) < 4.78 is 24.4. The summed E-state index contributed by atoms with van der Waals surface area (Å²) in [5.74, 6) is 0.529. The lowest BCUT2D eigenvalue weighted by Crippen LogP contribution is -2.30. The molecule has 0 saturated carbocycles. The van der Waals surface area contributed by atoms with Crippen LogP contribution in [0.5, 0.6) is 0 Å². The number of sulfonamides is 1. The van der Waals surface area contributed by atoms with Gasteiger partial charge < -0.3 is 0 Å². The summed E-state index contributed by atoms with van der Waals surface area (Å²) in [5.41, 5.74) is 0. The Hall–Kier alpha value is -0.0600. The maximum Gasteiger partial charge on any atom is 0.213 e. The molecule has 84 valence electrons. The fourth-order valence-corrected chi connectivity index (χ4v) is 2.51. The molecule has 14 heavy (non-hydrogen) atoms. The van der Waals surface area contributed by atoms with Gasteiger partial charge in [-0.1, -0.05) is 6.08 Å². The largest absolute Gasteiger partial charge is 0.213 e. The molecule has 0 unspecified atom stereocenters. The first-order valence-electron chi connectivity index (χ1n) is 4.65. The van der Waals surface area contributed by atoms with E-state index in [1.807, 2.05) is 0 Å². The van der Waals surface area contributed by atoms with Crippen LogP contribution >= 0.6 is 11.6 Å². The van der Waals surface area contributed by atoms with Crippen LogP contribution in [0, 0.1) is 0 Å². The first kappa shape index (κ1) is 13.9. The van der Waals surface area contributed by atoms with Crippen LogP contribution in [0.4, 0.5) is 0 Å². The van der Waals surface area contributed by atoms with E-state index >= 15 is 0 Å². The van der Waals surface area contributed by atoms with E-state index in [9.17, 15) is 8.42 Å². The van der Waals surface area contributed by atoms with E-state index in [4.69, 9.17) is 11.6 Å². The molecule has 0 fully saturated rings. The third-order valence-electron chi connectivity index (χ3n) is 1.89. The van der Waals surface area contributed by atoms with Gasteiger partial charge in [-0.25, -0.2) is 12.7 Å². The summed E-state index contributed by atoms with van der Waals surface area (Å²) in [6, 6.07) is 0. The summed E-state index contributed by atoms with van der Waals surface area (Å²) in [5, 5.41) is 0. The quantitative estimate of drug-likeness (QED) is 0.368. The molecule has 5 heteroatoms. The van der Waals surface area contributed by atoms with Crippen molar-refractivity contribution in [3.63, 3.8) is 0 Å². The fourth-order valence-electron chi connectivity index (χ4n) is 0.990. The molecule has 0 saturated heterocycles. The summed E-state index contributed by atoms with van der Waals surface area (Å²) in [4.78, 5) is 0. The predicted octanol–water partition coefficient (Wildman–Crippen LogP) is 1.84. The Kier molecular flexibility index (Phi) is 7.23. The Morgan fingerprint density at radius 2 is 2.07 bits per heavy atom. The molecule has 0 radical (unpaired) electrons. The Morgan fingerprint density at radius 3 is 2.57 bits per heavy atom. The monoisotopic (exact) mass is 239 g/mol. The van der Waals surface area contributed by atoms with Crippen LogP contribution in [0.1, 0.15) is 19.3 Å². The average molecular weight is 240 g/mol. The summed E-state index contributed by atoms with van der Waals surface area (Å²) in [6.07, 6.45) is 3.96. The van der Waals surface area contributed by atoms with Crippen LogP contribution < -0.4 is 0 Å². The Balaban J connectivity index is 3.94.